The van der Waals surface area contributed by atoms with Crippen molar-refractivity contribution in [2.24, 2.45) is 0 Å². The van der Waals surface area contributed by atoms with Gasteiger partial charge >= 0.3 is 5.97 Å². The highest BCUT2D eigenvalue weighted by atomic mass is 16.5. The summed E-state index contributed by atoms with van der Waals surface area (Å²) in [5.41, 5.74) is 1.15. The van der Waals surface area contributed by atoms with Gasteiger partial charge in [-0.1, -0.05) is 30.3 Å². The molecule has 1 saturated heterocycles. The van der Waals surface area contributed by atoms with E-state index in [1.807, 2.05) is 18.2 Å². The van der Waals surface area contributed by atoms with Crippen LogP contribution in [-0.4, -0.2) is 29.6 Å². The van der Waals surface area contributed by atoms with Crippen LogP contribution in [0.25, 0.3) is 0 Å². The molecule has 0 aliphatic carbocycles. The number of hydrogen-bond acceptors (Lipinski definition) is 3. The van der Waals surface area contributed by atoms with Crippen LogP contribution >= 0.6 is 0 Å². The van der Waals surface area contributed by atoms with E-state index in [2.05, 4.69) is 30.9 Å². The van der Waals surface area contributed by atoms with Crippen LogP contribution < -0.4 is 0 Å². The van der Waals surface area contributed by atoms with Crippen molar-refractivity contribution in [3.63, 3.8) is 0 Å². The molecule has 1 aromatic carbocycles. The monoisotopic (exact) mass is 219 g/mol. The summed E-state index contributed by atoms with van der Waals surface area (Å²) in [6.07, 6.45) is 0. The van der Waals surface area contributed by atoms with E-state index in [1.165, 1.54) is 5.56 Å². The molecule has 86 valence electrons. The van der Waals surface area contributed by atoms with Gasteiger partial charge in [-0.25, -0.2) is 0 Å². The number of nitrogens with zero attached hydrogens (tertiary/aromatic N) is 1. The second kappa shape index (κ2) is 4.26. The lowest BCUT2D eigenvalue weighted by molar-refractivity contribution is -0.160. The zero-order valence-electron chi connectivity index (χ0n) is 9.77. The number of benzene rings is 1. The molecule has 0 radical (unpaired) electrons. The zero-order valence-corrected chi connectivity index (χ0v) is 9.77. The first-order valence-electron chi connectivity index (χ1n) is 5.52. The SMILES string of the molecule is CC1(C)COC(=O)CN1Cc1ccccc1. The van der Waals surface area contributed by atoms with Crippen LogP contribution in [0.4, 0.5) is 0 Å². The van der Waals surface area contributed by atoms with Crippen molar-refractivity contribution >= 4 is 5.97 Å². The first kappa shape index (κ1) is 11.1. The molecule has 1 fully saturated rings. The van der Waals surface area contributed by atoms with Crippen molar-refractivity contribution in [2.75, 3.05) is 13.2 Å². The van der Waals surface area contributed by atoms with Gasteiger partial charge in [-0.2, -0.15) is 0 Å². The normalized spacial score (nSPS) is 20.5. The minimum Gasteiger partial charge on any atom is -0.463 e. The fourth-order valence-corrected chi connectivity index (χ4v) is 1.84. The van der Waals surface area contributed by atoms with E-state index in [4.69, 9.17) is 4.74 Å². The van der Waals surface area contributed by atoms with Crippen LogP contribution in [-0.2, 0) is 16.1 Å². The molecule has 16 heavy (non-hydrogen) atoms. The fourth-order valence-electron chi connectivity index (χ4n) is 1.84. The Labute approximate surface area is 96.0 Å². The largest absolute Gasteiger partial charge is 0.463 e. The van der Waals surface area contributed by atoms with E-state index >= 15 is 0 Å². The summed E-state index contributed by atoms with van der Waals surface area (Å²) in [6.45, 7) is 5.84. The first-order chi connectivity index (χ1) is 7.58. The lowest BCUT2D eigenvalue weighted by Crippen LogP contribution is -2.54. The van der Waals surface area contributed by atoms with Gasteiger partial charge in [0.15, 0.2) is 0 Å². The molecule has 0 amide bonds. The quantitative estimate of drug-likeness (QED) is 0.711. The molecule has 0 saturated carbocycles. The van der Waals surface area contributed by atoms with Gasteiger partial charge in [-0.3, -0.25) is 9.69 Å². The predicted molar refractivity (Wildman–Crippen MR) is 61.9 cm³/mol. The molecule has 2 rings (SSSR count). The maximum Gasteiger partial charge on any atom is 0.320 e. The molecule has 1 aliphatic rings. The van der Waals surface area contributed by atoms with Gasteiger partial charge in [-0.05, 0) is 19.4 Å². The summed E-state index contributed by atoms with van der Waals surface area (Å²) >= 11 is 0. The average molecular weight is 219 g/mol. The standard InChI is InChI=1S/C13H17NO2/c1-13(2)10-16-12(15)9-14(13)8-11-6-4-3-5-7-11/h3-7H,8-10H2,1-2H3. The zero-order chi connectivity index (χ0) is 11.6. The number of hydrogen-bond donors (Lipinski definition) is 0. The van der Waals surface area contributed by atoms with E-state index in [0.29, 0.717) is 13.2 Å². The smallest absolute Gasteiger partial charge is 0.320 e. The van der Waals surface area contributed by atoms with Crippen molar-refractivity contribution in [3.05, 3.63) is 35.9 Å². The summed E-state index contributed by atoms with van der Waals surface area (Å²) in [7, 11) is 0. The number of cyclic esters (lactones) is 1. The molecular formula is C13H17NO2. The lowest BCUT2D eigenvalue weighted by atomic mass is 10.0. The molecule has 3 heteroatoms. The minimum atomic E-state index is -0.129. The topological polar surface area (TPSA) is 29.5 Å². The van der Waals surface area contributed by atoms with Gasteiger partial charge < -0.3 is 4.74 Å². The Morgan fingerprint density at radius 2 is 2.00 bits per heavy atom. The van der Waals surface area contributed by atoms with Gasteiger partial charge in [0.25, 0.3) is 0 Å². The molecule has 1 aromatic rings. The van der Waals surface area contributed by atoms with Crippen LogP contribution in [0, 0.1) is 0 Å². The summed E-state index contributed by atoms with van der Waals surface area (Å²) in [5, 5.41) is 0. The van der Waals surface area contributed by atoms with Gasteiger partial charge in [-0.15, -0.1) is 0 Å². The number of ether oxygens (including phenoxy) is 1. The number of rotatable bonds is 2. The number of carbonyl (C=O) groups excluding carboxylic acids is 1. The van der Waals surface area contributed by atoms with Gasteiger partial charge in [0.05, 0.1) is 12.1 Å². The van der Waals surface area contributed by atoms with E-state index in [1.54, 1.807) is 0 Å². The average Bonchev–Trinajstić information content (AvgIpc) is 2.26. The number of esters is 1. The second-order valence-corrected chi connectivity index (χ2v) is 4.81. The molecule has 0 N–H and O–H groups in total. The molecule has 1 aliphatic heterocycles. The third-order valence-electron chi connectivity index (χ3n) is 2.98. The Balaban J connectivity index is 2.10. The summed E-state index contributed by atoms with van der Waals surface area (Å²) in [6, 6.07) is 10.2. The van der Waals surface area contributed by atoms with Gasteiger partial charge in [0.1, 0.15) is 6.61 Å². The summed E-state index contributed by atoms with van der Waals surface area (Å²) in [4.78, 5) is 13.4. The Hall–Kier alpha value is -1.35. The molecular weight excluding hydrogens is 202 g/mol. The van der Waals surface area contributed by atoms with E-state index in [0.717, 1.165) is 6.54 Å². The molecule has 3 nitrogen and oxygen atoms in total. The Kier molecular flexibility index (Phi) is 2.97. The second-order valence-electron chi connectivity index (χ2n) is 4.81. The Bertz CT molecular complexity index is 373. The van der Waals surface area contributed by atoms with Gasteiger partial charge in [0.2, 0.25) is 0 Å². The molecule has 0 unspecified atom stereocenters. The van der Waals surface area contributed by atoms with Crippen molar-refractivity contribution < 1.29 is 9.53 Å². The van der Waals surface area contributed by atoms with Crippen molar-refractivity contribution in [3.8, 4) is 0 Å². The first-order valence-corrected chi connectivity index (χ1v) is 5.52. The molecule has 0 atom stereocenters. The fraction of sp³-hybridized carbons (Fsp3) is 0.462. The molecule has 0 aromatic heterocycles. The van der Waals surface area contributed by atoms with Crippen LogP contribution in [0.3, 0.4) is 0 Å². The number of morpholine rings is 1. The third-order valence-corrected chi connectivity index (χ3v) is 2.98. The van der Waals surface area contributed by atoms with Crippen molar-refractivity contribution in [2.45, 2.75) is 25.9 Å². The molecule has 0 spiro atoms. The summed E-state index contributed by atoms with van der Waals surface area (Å²) < 4.78 is 5.08. The maximum absolute atomic E-state index is 11.3. The highest BCUT2D eigenvalue weighted by molar-refractivity contribution is 5.72. The number of carbonyl (C=O) groups is 1. The van der Waals surface area contributed by atoms with Crippen molar-refractivity contribution in [1.82, 2.24) is 4.90 Å². The molecule has 0 bridgehead atoms. The van der Waals surface area contributed by atoms with E-state index < -0.39 is 0 Å². The van der Waals surface area contributed by atoms with E-state index in [-0.39, 0.29) is 11.5 Å². The van der Waals surface area contributed by atoms with Gasteiger partial charge in [0, 0.05) is 6.54 Å². The highest BCUT2D eigenvalue weighted by Crippen LogP contribution is 2.21. The Morgan fingerprint density at radius 1 is 1.31 bits per heavy atom. The Morgan fingerprint density at radius 3 is 2.69 bits per heavy atom. The third kappa shape index (κ3) is 2.42. The summed E-state index contributed by atoms with van der Waals surface area (Å²) in [5.74, 6) is -0.129. The van der Waals surface area contributed by atoms with Crippen LogP contribution in [0.15, 0.2) is 30.3 Å². The predicted octanol–water partition coefficient (Wildman–Crippen LogP) is 1.82. The maximum atomic E-state index is 11.3. The highest BCUT2D eigenvalue weighted by Gasteiger charge is 2.34. The van der Waals surface area contributed by atoms with Crippen LogP contribution in [0.1, 0.15) is 19.4 Å². The van der Waals surface area contributed by atoms with Crippen molar-refractivity contribution in [1.29, 1.82) is 0 Å². The van der Waals surface area contributed by atoms with Crippen LogP contribution in [0.5, 0.6) is 0 Å². The van der Waals surface area contributed by atoms with E-state index in [9.17, 15) is 4.79 Å². The lowest BCUT2D eigenvalue weighted by Gasteiger charge is -2.41. The van der Waals surface area contributed by atoms with Crippen LogP contribution in [0.2, 0.25) is 0 Å². The minimum absolute atomic E-state index is 0.0796. The molecule has 1 heterocycles.